The van der Waals surface area contributed by atoms with E-state index in [0.717, 1.165) is 12.0 Å². The highest BCUT2D eigenvalue weighted by Gasteiger charge is 2.39. The number of rotatable bonds is 3. The molecule has 1 unspecified atom stereocenters. The van der Waals surface area contributed by atoms with Gasteiger partial charge in [-0.05, 0) is 6.92 Å². The molecule has 84 valence electrons. The molecule has 0 radical (unpaired) electrons. The molecule has 1 aliphatic rings. The standard InChI is InChI=1S/C9H13NO5/c1-9(14,8(13)15-2)5-10-6(11)3-4-7(10)12/h14H,3-5H2,1-2H3. The summed E-state index contributed by atoms with van der Waals surface area (Å²) >= 11 is 0. The monoisotopic (exact) mass is 215 g/mol. The van der Waals surface area contributed by atoms with Crippen molar-refractivity contribution in [2.24, 2.45) is 0 Å². The first-order valence-corrected chi connectivity index (χ1v) is 4.52. The van der Waals surface area contributed by atoms with Crippen LogP contribution in [0.15, 0.2) is 0 Å². The van der Waals surface area contributed by atoms with Crippen LogP contribution in [0.2, 0.25) is 0 Å². The summed E-state index contributed by atoms with van der Waals surface area (Å²) in [4.78, 5) is 34.4. The van der Waals surface area contributed by atoms with Crippen molar-refractivity contribution in [3.63, 3.8) is 0 Å². The van der Waals surface area contributed by atoms with Crippen LogP contribution in [0.3, 0.4) is 0 Å². The van der Waals surface area contributed by atoms with Gasteiger partial charge < -0.3 is 9.84 Å². The lowest BCUT2D eigenvalue weighted by Crippen LogP contribution is -2.49. The zero-order valence-electron chi connectivity index (χ0n) is 8.65. The van der Waals surface area contributed by atoms with E-state index < -0.39 is 11.6 Å². The molecule has 0 bridgehead atoms. The number of ether oxygens (including phenoxy) is 1. The van der Waals surface area contributed by atoms with E-state index in [9.17, 15) is 19.5 Å². The second-order valence-corrected chi connectivity index (χ2v) is 3.64. The van der Waals surface area contributed by atoms with Crippen molar-refractivity contribution in [1.29, 1.82) is 0 Å². The number of hydrogen-bond donors (Lipinski definition) is 1. The van der Waals surface area contributed by atoms with Crippen LogP contribution in [0, 0.1) is 0 Å². The molecular weight excluding hydrogens is 202 g/mol. The molecule has 1 aliphatic heterocycles. The number of β-amino-alcohol motifs (C(OH)–C–C–N with tert-alkyl or cyclic N) is 1. The molecule has 1 atom stereocenters. The van der Waals surface area contributed by atoms with E-state index in [-0.39, 0.29) is 31.2 Å². The number of esters is 1. The molecule has 2 amide bonds. The molecule has 0 aromatic carbocycles. The minimum atomic E-state index is -1.84. The molecule has 15 heavy (non-hydrogen) atoms. The lowest BCUT2D eigenvalue weighted by Gasteiger charge is -2.25. The highest BCUT2D eigenvalue weighted by molar-refractivity contribution is 6.02. The SMILES string of the molecule is COC(=O)C(C)(O)CN1C(=O)CCC1=O. The number of carbonyl (C=O) groups excluding carboxylic acids is 3. The molecule has 1 saturated heterocycles. The Hall–Kier alpha value is -1.43. The van der Waals surface area contributed by atoms with Crippen molar-refractivity contribution in [1.82, 2.24) is 4.90 Å². The maximum atomic E-state index is 11.2. The number of nitrogens with zero attached hydrogens (tertiary/aromatic N) is 1. The van der Waals surface area contributed by atoms with Gasteiger partial charge in [0.1, 0.15) is 0 Å². The molecule has 0 aliphatic carbocycles. The highest BCUT2D eigenvalue weighted by atomic mass is 16.5. The second kappa shape index (κ2) is 3.98. The van der Waals surface area contributed by atoms with E-state index in [4.69, 9.17) is 0 Å². The molecular formula is C9H13NO5. The third-order valence-corrected chi connectivity index (χ3v) is 2.25. The van der Waals surface area contributed by atoms with Crippen LogP contribution in [-0.4, -0.2) is 47.0 Å². The van der Waals surface area contributed by atoms with Crippen molar-refractivity contribution in [3.05, 3.63) is 0 Å². The van der Waals surface area contributed by atoms with Crippen molar-refractivity contribution >= 4 is 17.8 Å². The quantitative estimate of drug-likeness (QED) is 0.485. The van der Waals surface area contributed by atoms with Crippen molar-refractivity contribution < 1.29 is 24.2 Å². The topological polar surface area (TPSA) is 83.9 Å². The predicted molar refractivity (Wildman–Crippen MR) is 48.6 cm³/mol. The minimum Gasteiger partial charge on any atom is -0.467 e. The fourth-order valence-electron chi connectivity index (χ4n) is 1.39. The molecule has 1 fully saturated rings. The van der Waals surface area contributed by atoms with Crippen LogP contribution < -0.4 is 0 Å². The van der Waals surface area contributed by atoms with Crippen molar-refractivity contribution in [2.45, 2.75) is 25.4 Å². The molecule has 1 heterocycles. The molecule has 0 aromatic heterocycles. The molecule has 1 N–H and O–H groups in total. The van der Waals surface area contributed by atoms with E-state index in [2.05, 4.69) is 4.74 Å². The van der Waals surface area contributed by atoms with Crippen LogP contribution >= 0.6 is 0 Å². The Morgan fingerprint density at radius 1 is 1.47 bits per heavy atom. The van der Waals surface area contributed by atoms with Gasteiger partial charge in [-0.3, -0.25) is 14.5 Å². The number of hydrogen-bond acceptors (Lipinski definition) is 5. The van der Waals surface area contributed by atoms with Crippen LogP contribution in [0.25, 0.3) is 0 Å². The van der Waals surface area contributed by atoms with Gasteiger partial charge in [-0.2, -0.15) is 0 Å². The minimum absolute atomic E-state index is 0.135. The summed E-state index contributed by atoms with van der Waals surface area (Å²) in [6, 6.07) is 0. The van der Waals surface area contributed by atoms with Gasteiger partial charge in [0.15, 0.2) is 5.60 Å². The number of aliphatic hydroxyl groups is 1. The summed E-state index contributed by atoms with van der Waals surface area (Å²) in [5.41, 5.74) is -1.84. The van der Waals surface area contributed by atoms with Gasteiger partial charge >= 0.3 is 5.97 Å². The summed E-state index contributed by atoms with van der Waals surface area (Å²) < 4.78 is 4.36. The number of carbonyl (C=O) groups is 3. The van der Waals surface area contributed by atoms with Crippen LogP contribution in [0.4, 0.5) is 0 Å². The molecule has 0 spiro atoms. The zero-order chi connectivity index (χ0) is 11.6. The molecule has 1 rings (SSSR count). The third-order valence-electron chi connectivity index (χ3n) is 2.25. The first kappa shape index (κ1) is 11.6. The van der Waals surface area contributed by atoms with Crippen molar-refractivity contribution in [3.8, 4) is 0 Å². The van der Waals surface area contributed by atoms with Crippen molar-refractivity contribution in [2.75, 3.05) is 13.7 Å². The van der Waals surface area contributed by atoms with E-state index in [1.54, 1.807) is 0 Å². The zero-order valence-corrected chi connectivity index (χ0v) is 8.65. The normalized spacial score (nSPS) is 20.3. The Kier molecular flexibility index (Phi) is 3.09. The Balaban J connectivity index is 2.72. The number of methoxy groups -OCH3 is 1. The highest BCUT2D eigenvalue weighted by Crippen LogP contribution is 2.16. The van der Waals surface area contributed by atoms with Gasteiger partial charge in [-0.1, -0.05) is 0 Å². The Bertz CT molecular complexity index is 294. The summed E-state index contributed by atoms with van der Waals surface area (Å²) in [6.45, 7) is 0.856. The summed E-state index contributed by atoms with van der Waals surface area (Å²) in [6.07, 6.45) is 0.270. The van der Waals surface area contributed by atoms with Crippen LogP contribution in [-0.2, 0) is 19.1 Å². The maximum Gasteiger partial charge on any atom is 0.339 e. The fourth-order valence-corrected chi connectivity index (χ4v) is 1.39. The summed E-state index contributed by atoms with van der Waals surface area (Å²) in [5, 5.41) is 9.66. The fraction of sp³-hybridized carbons (Fsp3) is 0.667. The maximum absolute atomic E-state index is 11.2. The van der Waals surface area contributed by atoms with E-state index in [1.165, 1.54) is 6.92 Å². The molecule has 0 aromatic rings. The average molecular weight is 215 g/mol. The summed E-state index contributed by atoms with van der Waals surface area (Å²) in [5.74, 6) is -1.61. The number of amides is 2. The predicted octanol–water partition coefficient (Wildman–Crippen LogP) is -0.941. The summed E-state index contributed by atoms with van der Waals surface area (Å²) in [7, 11) is 1.13. The van der Waals surface area contributed by atoms with Crippen LogP contribution in [0.1, 0.15) is 19.8 Å². The van der Waals surface area contributed by atoms with E-state index >= 15 is 0 Å². The molecule has 6 heteroatoms. The Morgan fingerprint density at radius 3 is 2.33 bits per heavy atom. The lowest BCUT2D eigenvalue weighted by molar-refractivity contribution is -0.164. The van der Waals surface area contributed by atoms with Gasteiger partial charge in [0.05, 0.1) is 13.7 Å². The van der Waals surface area contributed by atoms with Gasteiger partial charge in [-0.25, -0.2) is 4.79 Å². The van der Waals surface area contributed by atoms with Gasteiger partial charge in [0.2, 0.25) is 11.8 Å². The largest absolute Gasteiger partial charge is 0.467 e. The van der Waals surface area contributed by atoms with Gasteiger partial charge in [0.25, 0.3) is 0 Å². The second-order valence-electron chi connectivity index (χ2n) is 3.64. The van der Waals surface area contributed by atoms with E-state index in [0.29, 0.717) is 0 Å². The average Bonchev–Trinajstić information content (AvgIpc) is 2.47. The Morgan fingerprint density at radius 2 is 1.93 bits per heavy atom. The number of imide groups is 1. The smallest absolute Gasteiger partial charge is 0.339 e. The van der Waals surface area contributed by atoms with Crippen LogP contribution in [0.5, 0.6) is 0 Å². The first-order chi connectivity index (χ1) is 6.88. The lowest BCUT2D eigenvalue weighted by atomic mass is 10.1. The van der Waals surface area contributed by atoms with Gasteiger partial charge in [0, 0.05) is 12.8 Å². The Labute approximate surface area is 86.8 Å². The van der Waals surface area contributed by atoms with E-state index in [1.807, 2.05) is 0 Å². The van der Waals surface area contributed by atoms with Gasteiger partial charge in [-0.15, -0.1) is 0 Å². The number of likely N-dealkylation sites (tertiary alicyclic amines) is 1. The molecule has 0 saturated carbocycles. The molecule has 6 nitrogen and oxygen atoms in total. The third kappa shape index (κ3) is 2.33. The first-order valence-electron chi connectivity index (χ1n) is 4.52.